The summed E-state index contributed by atoms with van der Waals surface area (Å²) in [6, 6.07) is 8.58. The summed E-state index contributed by atoms with van der Waals surface area (Å²) < 4.78 is 0. The number of H-pyrrole nitrogens is 1. The molecule has 1 aliphatic rings. The van der Waals surface area contributed by atoms with E-state index in [1.165, 1.54) is 10.9 Å². The second-order valence-electron chi connectivity index (χ2n) is 6.29. The molecule has 2 aromatic rings. The van der Waals surface area contributed by atoms with Gasteiger partial charge in [-0.05, 0) is 44.7 Å². The molecule has 0 spiro atoms. The Morgan fingerprint density at radius 2 is 2.10 bits per heavy atom. The zero-order valence-corrected chi connectivity index (χ0v) is 12.0. The van der Waals surface area contributed by atoms with E-state index < -0.39 is 0 Å². The lowest BCUT2D eigenvalue weighted by Crippen LogP contribution is -2.50. The molecular formula is C16H21N3O. The first-order chi connectivity index (χ1) is 9.53. The number of fused-ring (bicyclic) bond motifs is 1. The molecule has 0 radical (unpaired) electrons. The maximum Gasteiger partial charge on any atom is 0.315 e. The van der Waals surface area contributed by atoms with Crippen molar-refractivity contribution >= 4 is 16.9 Å². The van der Waals surface area contributed by atoms with Crippen LogP contribution in [0.2, 0.25) is 0 Å². The Balaban J connectivity index is 1.69. The van der Waals surface area contributed by atoms with Crippen LogP contribution in [-0.4, -0.2) is 22.6 Å². The molecule has 3 N–H and O–H groups in total. The van der Waals surface area contributed by atoms with Crippen LogP contribution < -0.4 is 10.6 Å². The molecule has 0 aliphatic heterocycles. The Labute approximate surface area is 118 Å². The van der Waals surface area contributed by atoms with Crippen molar-refractivity contribution in [1.29, 1.82) is 0 Å². The number of rotatable bonds is 4. The quantitative estimate of drug-likeness (QED) is 0.786. The number of carbonyl (C=O) groups excluding carboxylic acids is 1. The minimum atomic E-state index is -0.274. The van der Waals surface area contributed by atoms with Crippen molar-refractivity contribution < 1.29 is 4.79 Å². The molecule has 0 atom stereocenters. The van der Waals surface area contributed by atoms with Crippen LogP contribution in [0.25, 0.3) is 10.9 Å². The molecule has 1 fully saturated rings. The molecule has 1 saturated carbocycles. The highest BCUT2D eigenvalue weighted by molar-refractivity contribution is 5.83. The first-order valence-electron chi connectivity index (χ1n) is 7.17. The monoisotopic (exact) mass is 271 g/mol. The second kappa shape index (κ2) is 4.85. The number of urea groups is 1. The summed E-state index contributed by atoms with van der Waals surface area (Å²) in [6.07, 6.45) is 5.05. The van der Waals surface area contributed by atoms with Gasteiger partial charge in [0.25, 0.3) is 0 Å². The predicted octanol–water partition coefficient (Wildman–Crippen LogP) is 2.95. The van der Waals surface area contributed by atoms with Crippen molar-refractivity contribution in [2.75, 3.05) is 0 Å². The zero-order chi connectivity index (χ0) is 14.2. The molecule has 3 rings (SSSR count). The van der Waals surface area contributed by atoms with Gasteiger partial charge in [-0.15, -0.1) is 0 Å². The zero-order valence-electron chi connectivity index (χ0n) is 12.0. The summed E-state index contributed by atoms with van der Waals surface area (Å²) in [5.41, 5.74) is 2.10. The van der Waals surface area contributed by atoms with E-state index in [1.807, 2.05) is 18.3 Å². The molecule has 0 unspecified atom stereocenters. The van der Waals surface area contributed by atoms with E-state index in [9.17, 15) is 4.79 Å². The fourth-order valence-electron chi connectivity index (χ4n) is 2.55. The van der Waals surface area contributed by atoms with Crippen molar-refractivity contribution in [3.05, 3.63) is 36.0 Å². The molecule has 1 aromatic heterocycles. The Hall–Kier alpha value is -1.97. The van der Waals surface area contributed by atoms with Crippen LogP contribution in [-0.2, 0) is 6.42 Å². The molecule has 4 heteroatoms. The lowest BCUT2D eigenvalue weighted by molar-refractivity contribution is 0.229. The maximum absolute atomic E-state index is 11.9. The van der Waals surface area contributed by atoms with Crippen LogP contribution in [0.15, 0.2) is 30.5 Å². The number of hydrogen-bond donors (Lipinski definition) is 3. The Morgan fingerprint density at radius 1 is 1.35 bits per heavy atom. The van der Waals surface area contributed by atoms with E-state index in [0.29, 0.717) is 6.04 Å². The van der Waals surface area contributed by atoms with Crippen molar-refractivity contribution in [2.45, 2.75) is 44.7 Å². The van der Waals surface area contributed by atoms with Gasteiger partial charge in [0, 0.05) is 28.7 Å². The fourth-order valence-corrected chi connectivity index (χ4v) is 2.55. The number of aromatic amines is 1. The molecule has 1 aromatic carbocycles. The minimum Gasteiger partial charge on any atom is -0.361 e. The van der Waals surface area contributed by atoms with Crippen LogP contribution in [0.4, 0.5) is 4.79 Å². The van der Waals surface area contributed by atoms with Crippen LogP contribution in [0, 0.1) is 0 Å². The van der Waals surface area contributed by atoms with E-state index in [2.05, 4.69) is 41.6 Å². The van der Waals surface area contributed by atoms with Gasteiger partial charge < -0.3 is 15.6 Å². The molecule has 106 valence electrons. The van der Waals surface area contributed by atoms with Gasteiger partial charge in [0.2, 0.25) is 0 Å². The molecule has 0 bridgehead atoms. The molecule has 4 nitrogen and oxygen atoms in total. The summed E-state index contributed by atoms with van der Waals surface area (Å²) in [5.74, 6) is 0. The minimum absolute atomic E-state index is 0.0580. The van der Waals surface area contributed by atoms with Crippen LogP contribution in [0.1, 0.15) is 32.3 Å². The van der Waals surface area contributed by atoms with Crippen LogP contribution >= 0.6 is 0 Å². The highest BCUT2D eigenvalue weighted by Gasteiger charge is 2.27. The number of carbonyl (C=O) groups is 1. The average Bonchev–Trinajstić information content (AvgIpc) is 3.09. The molecule has 2 amide bonds. The normalized spacial score (nSPS) is 15.3. The van der Waals surface area contributed by atoms with Gasteiger partial charge in [0.1, 0.15) is 0 Å². The van der Waals surface area contributed by atoms with Gasteiger partial charge in [-0.25, -0.2) is 4.79 Å². The average molecular weight is 271 g/mol. The number of aromatic nitrogens is 1. The lowest BCUT2D eigenvalue weighted by Gasteiger charge is -2.26. The van der Waals surface area contributed by atoms with E-state index in [0.717, 1.165) is 24.8 Å². The number of amides is 2. The lowest BCUT2D eigenvalue weighted by atomic mass is 9.95. The van der Waals surface area contributed by atoms with Crippen molar-refractivity contribution in [2.24, 2.45) is 0 Å². The first-order valence-corrected chi connectivity index (χ1v) is 7.17. The molecular weight excluding hydrogens is 250 g/mol. The first kappa shape index (κ1) is 13.0. The number of nitrogens with one attached hydrogen (secondary N) is 3. The third-order valence-electron chi connectivity index (χ3n) is 3.67. The van der Waals surface area contributed by atoms with Crippen molar-refractivity contribution in [3.8, 4) is 0 Å². The number of hydrogen-bond acceptors (Lipinski definition) is 1. The summed E-state index contributed by atoms with van der Waals surface area (Å²) >= 11 is 0. The molecule has 20 heavy (non-hydrogen) atoms. The van der Waals surface area contributed by atoms with Gasteiger partial charge in [-0.3, -0.25) is 0 Å². The van der Waals surface area contributed by atoms with Crippen LogP contribution in [0.5, 0.6) is 0 Å². The van der Waals surface area contributed by atoms with Gasteiger partial charge in [-0.1, -0.05) is 18.2 Å². The third-order valence-corrected chi connectivity index (χ3v) is 3.67. The maximum atomic E-state index is 11.9. The van der Waals surface area contributed by atoms with Gasteiger partial charge in [0.15, 0.2) is 0 Å². The highest BCUT2D eigenvalue weighted by atomic mass is 16.2. The van der Waals surface area contributed by atoms with Gasteiger partial charge in [-0.2, -0.15) is 0 Å². The molecule has 1 aliphatic carbocycles. The summed E-state index contributed by atoms with van der Waals surface area (Å²) in [7, 11) is 0. The summed E-state index contributed by atoms with van der Waals surface area (Å²) in [5, 5.41) is 7.26. The molecule has 1 heterocycles. The number of para-hydroxylation sites is 1. The smallest absolute Gasteiger partial charge is 0.315 e. The second-order valence-corrected chi connectivity index (χ2v) is 6.29. The molecule has 0 saturated heterocycles. The van der Waals surface area contributed by atoms with Gasteiger partial charge in [0.05, 0.1) is 0 Å². The Bertz CT molecular complexity index is 625. The number of benzene rings is 1. The summed E-state index contributed by atoms with van der Waals surface area (Å²) in [6.45, 7) is 4.11. The topological polar surface area (TPSA) is 56.9 Å². The Morgan fingerprint density at radius 3 is 2.85 bits per heavy atom. The van der Waals surface area contributed by atoms with Gasteiger partial charge >= 0.3 is 6.03 Å². The van der Waals surface area contributed by atoms with Crippen molar-refractivity contribution in [3.63, 3.8) is 0 Å². The summed E-state index contributed by atoms with van der Waals surface area (Å²) in [4.78, 5) is 15.1. The van der Waals surface area contributed by atoms with E-state index >= 15 is 0 Å². The third kappa shape index (κ3) is 2.95. The Kier molecular flexibility index (Phi) is 3.16. The SMILES string of the molecule is CC(C)(Cc1c[nH]c2ccccc12)NC(=O)NC1CC1. The standard InChI is InChI=1S/C16H21N3O/c1-16(2,19-15(20)18-12-7-8-12)9-11-10-17-14-6-4-3-5-13(11)14/h3-6,10,12,17H,7-9H2,1-2H3,(H2,18,19,20). The predicted molar refractivity (Wildman–Crippen MR) is 80.8 cm³/mol. The largest absolute Gasteiger partial charge is 0.361 e. The van der Waals surface area contributed by atoms with E-state index in [1.54, 1.807) is 0 Å². The fraction of sp³-hybridized carbons (Fsp3) is 0.438. The van der Waals surface area contributed by atoms with Crippen molar-refractivity contribution in [1.82, 2.24) is 15.6 Å². The van der Waals surface area contributed by atoms with E-state index in [4.69, 9.17) is 0 Å². The van der Waals surface area contributed by atoms with E-state index in [-0.39, 0.29) is 11.6 Å². The highest BCUT2D eigenvalue weighted by Crippen LogP contribution is 2.23. The van der Waals surface area contributed by atoms with Crippen LogP contribution in [0.3, 0.4) is 0 Å².